The first-order valence-electron chi connectivity index (χ1n) is 13.7. The molecule has 206 valence electrons. The smallest absolute Gasteiger partial charge is 0.247 e. The molecule has 0 radical (unpaired) electrons. The minimum Gasteiger partial charge on any atom is -0.376 e. The van der Waals surface area contributed by atoms with Gasteiger partial charge in [0.15, 0.2) is 0 Å². The van der Waals surface area contributed by atoms with Gasteiger partial charge in [-0.05, 0) is 50.3 Å². The van der Waals surface area contributed by atoms with Gasteiger partial charge in [0, 0.05) is 31.9 Å². The van der Waals surface area contributed by atoms with E-state index in [1.54, 1.807) is 4.90 Å². The fourth-order valence-electron chi connectivity index (χ4n) is 5.04. The van der Waals surface area contributed by atoms with Gasteiger partial charge in [0.1, 0.15) is 12.6 Å². The molecule has 2 saturated heterocycles. The summed E-state index contributed by atoms with van der Waals surface area (Å²) in [6.07, 6.45) is 3.52. The average Bonchev–Trinajstić information content (AvgIpc) is 3.72. The van der Waals surface area contributed by atoms with E-state index in [9.17, 15) is 9.59 Å². The van der Waals surface area contributed by atoms with Gasteiger partial charge in [0.05, 0.1) is 12.2 Å². The number of tetrazole rings is 1. The summed E-state index contributed by atoms with van der Waals surface area (Å²) in [5.41, 5.74) is 3.76. The van der Waals surface area contributed by atoms with Crippen LogP contribution in [0.15, 0.2) is 48.5 Å². The van der Waals surface area contributed by atoms with Crippen LogP contribution in [0.3, 0.4) is 0 Å². The number of aromatic nitrogens is 4. The first kappa shape index (κ1) is 27.0. The number of nitrogens with zero attached hydrogens (tertiary/aromatic N) is 5. The first-order valence-corrected chi connectivity index (χ1v) is 13.7. The summed E-state index contributed by atoms with van der Waals surface area (Å²) in [5, 5.41) is 15.8. The predicted molar refractivity (Wildman–Crippen MR) is 145 cm³/mol. The molecule has 10 heteroatoms. The average molecular weight is 533 g/mol. The lowest BCUT2D eigenvalue weighted by atomic mass is 10.0. The van der Waals surface area contributed by atoms with Crippen LogP contribution in [-0.4, -0.2) is 75.4 Å². The van der Waals surface area contributed by atoms with Crippen LogP contribution in [0.5, 0.6) is 0 Å². The van der Waals surface area contributed by atoms with Crippen LogP contribution in [0, 0.1) is 13.8 Å². The highest BCUT2D eigenvalue weighted by Gasteiger charge is 2.35. The third-order valence-electron chi connectivity index (χ3n) is 7.27. The molecule has 0 aliphatic carbocycles. The number of amides is 2. The molecule has 3 aromatic rings. The van der Waals surface area contributed by atoms with Crippen LogP contribution in [0.25, 0.3) is 11.4 Å². The van der Waals surface area contributed by atoms with E-state index in [0.29, 0.717) is 32.1 Å². The lowest BCUT2D eigenvalue weighted by Gasteiger charge is -2.33. The lowest BCUT2D eigenvalue weighted by molar-refractivity contribution is -0.143. The van der Waals surface area contributed by atoms with Crippen molar-refractivity contribution < 1.29 is 19.1 Å². The number of nitrogens with one attached hydrogen (secondary N) is 1. The molecule has 2 fully saturated rings. The molecule has 3 heterocycles. The van der Waals surface area contributed by atoms with E-state index >= 15 is 0 Å². The molecule has 39 heavy (non-hydrogen) atoms. The first-order chi connectivity index (χ1) is 19.0. The summed E-state index contributed by atoms with van der Waals surface area (Å²) in [6.45, 7) is 5.92. The van der Waals surface area contributed by atoms with Gasteiger partial charge in [-0.15, -0.1) is 10.2 Å². The van der Waals surface area contributed by atoms with E-state index in [1.165, 1.54) is 4.80 Å². The fraction of sp³-hybridized carbons (Fsp3) is 0.483. The number of ether oxygens (including phenoxy) is 2. The summed E-state index contributed by atoms with van der Waals surface area (Å²) in [6, 6.07) is 14.7. The van der Waals surface area contributed by atoms with Crippen molar-refractivity contribution in [3.63, 3.8) is 0 Å². The minimum absolute atomic E-state index is 0.00511. The zero-order chi connectivity index (χ0) is 27.2. The number of benzene rings is 2. The Bertz CT molecular complexity index is 1250. The van der Waals surface area contributed by atoms with E-state index in [0.717, 1.165) is 47.9 Å². The van der Waals surface area contributed by atoms with Gasteiger partial charge < -0.3 is 19.7 Å². The molecule has 2 aliphatic heterocycles. The third-order valence-corrected chi connectivity index (χ3v) is 7.27. The summed E-state index contributed by atoms with van der Waals surface area (Å²) >= 11 is 0. The van der Waals surface area contributed by atoms with Crippen LogP contribution < -0.4 is 5.32 Å². The summed E-state index contributed by atoms with van der Waals surface area (Å²) in [4.78, 5) is 30.5. The van der Waals surface area contributed by atoms with Gasteiger partial charge in [-0.2, -0.15) is 4.80 Å². The molecule has 0 saturated carbocycles. The highest BCUT2D eigenvalue weighted by Crippen LogP contribution is 2.26. The standard InChI is InChI=1S/C29H36N6O4/c1-20-7-11-22(12-8-20)27(29(37)30-17-24-5-3-15-38-24)34(18-25-6-4-16-39-25)26(36)19-35-32-28(31-33-35)23-13-9-21(2)10-14-23/h7-14,24-25,27H,3-6,15-19H2,1-2H3,(H,30,37)/t24-,25-,27+/m0/s1. The Morgan fingerprint density at radius 1 is 0.974 bits per heavy atom. The summed E-state index contributed by atoms with van der Waals surface area (Å²) < 4.78 is 11.6. The quantitative estimate of drug-likeness (QED) is 0.427. The summed E-state index contributed by atoms with van der Waals surface area (Å²) in [7, 11) is 0. The Morgan fingerprint density at radius 2 is 1.62 bits per heavy atom. The number of rotatable bonds is 10. The number of hydrogen-bond acceptors (Lipinski definition) is 7. The predicted octanol–water partition coefficient (Wildman–Crippen LogP) is 3.00. The highest BCUT2D eigenvalue weighted by molar-refractivity contribution is 5.88. The molecule has 2 amide bonds. The number of carbonyl (C=O) groups is 2. The maximum absolute atomic E-state index is 13.9. The molecule has 1 aromatic heterocycles. The van der Waals surface area contributed by atoms with E-state index in [2.05, 4.69) is 20.7 Å². The number of hydrogen-bond donors (Lipinski definition) is 1. The van der Waals surface area contributed by atoms with Gasteiger partial charge in [-0.3, -0.25) is 9.59 Å². The van der Waals surface area contributed by atoms with Gasteiger partial charge in [-0.1, -0.05) is 59.7 Å². The molecule has 2 aliphatic rings. The van der Waals surface area contributed by atoms with Crippen molar-refractivity contribution in [2.75, 3.05) is 26.3 Å². The Hall–Kier alpha value is -3.63. The Balaban J connectivity index is 1.40. The largest absolute Gasteiger partial charge is 0.376 e. The second kappa shape index (κ2) is 12.5. The van der Waals surface area contributed by atoms with E-state index in [4.69, 9.17) is 9.47 Å². The maximum atomic E-state index is 13.9. The highest BCUT2D eigenvalue weighted by atomic mass is 16.5. The van der Waals surface area contributed by atoms with Crippen molar-refractivity contribution in [3.05, 3.63) is 65.2 Å². The fourth-order valence-corrected chi connectivity index (χ4v) is 5.04. The third kappa shape index (κ3) is 6.88. The van der Waals surface area contributed by atoms with Crippen molar-refractivity contribution in [2.24, 2.45) is 0 Å². The lowest BCUT2D eigenvalue weighted by Crippen LogP contribution is -2.48. The molecule has 0 bridgehead atoms. The van der Waals surface area contributed by atoms with E-state index < -0.39 is 6.04 Å². The van der Waals surface area contributed by atoms with E-state index in [-0.39, 0.29) is 30.6 Å². The van der Waals surface area contributed by atoms with Crippen LogP contribution >= 0.6 is 0 Å². The molecule has 10 nitrogen and oxygen atoms in total. The zero-order valence-electron chi connectivity index (χ0n) is 22.6. The van der Waals surface area contributed by atoms with Crippen molar-refractivity contribution in [1.29, 1.82) is 0 Å². The van der Waals surface area contributed by atoms with Crippen LogP contribution in [0.4, 0.5) is 0 Å². The Morgan fingerprint density at radius 3 is 2.26 bits per heavy atom. The van der Waals surface area contributed by atoms with Crippen molar-refractivity contribution in [1.82, 2.24) is 30.4 Å². The second-order valence-electron chi connectivity index (χ2n) is 10.4. The topological polar surface area (TPSA) is 111 Å². The van der Waals surface area contributed by atoms with Gasteiger partial charge >= 0.3 is 0 Å². The molecular formula is C29H36N6O4. The van der Waals surface area contributed by atoms with Gasteiger partial charge in [-0.25, -0.2) is 0 Å². The normalized spacial score (nSPS) is 19.6. The number of aryl methyl sites for hydroxylation is 2. The van der Waals surface area contributed by atoms with Gasteiger partial charge in [0.2, 0.25) is 17.6 Å². The van der Waals surface area contributed by atoms with Crippen molar-refractivity contribution >= 4 is 11.8 Å². The summed E-state index contributed by atoms with van der Waals surface area (Å²) in [5.74, 6) is -0.0818. The van der Waals surface area contributed by atoms with Gasteiger partial charge in [0.25, 0.3) is 0 Å². The second-order valence-corrected chi connectivity index (χ2v) is 10.4. The Kier molecular flexibility index (Phi) is 8.63. The van der Waals surface area contributed by atoms with Crippen molar-refractivity contribution in [2.45, 2.75) is 64.3 Å². The van der Waals surface area contributed by atoms with Crippen LogP contribution in [0.1, 0.15) is 48.4 Å². The van der Waals surface area contributed by atoms with Crippen LogP contribution in [-0.2, 0) is 25.6 Å². The maximum Gasteiger partial charge on any atom is 0.247 e. The molecule has 2 aromatic carbocycles. The molecule has 1 N–H and O–H groups in total. The van der Waals surface area contributed by atoms with Crippen molar-refractivity contribution in [3.8, 4) is 11.4 Å². The van der Waals surface area contributed by atoms with Crippen LogP contribution in [0.2, 0.25) is 0 Å². The minimum atomic E-state index is -0.830. The Labute approximate surface area is 228 Å². The zero-order valence-corrected chi connectivity index (χ0v) is 22.6. The SMILES string of the molecule is Cc1ccc(-c2nnn(CC(=O)N(C[C@@H]3CCCO3)[C@@H](C(=O)NC[C@@H]3CCCO3)c3ccc(C)cc3)n2)cc1. The molecule has 5 rings (SSSR count). The molecule has 3 atom stereocenters. The monoisotopic (exact) mass is 532 g/mol. The number of carbonyl (C=O) groups excluding carboxylic acids is 2. The van der Waals surface area contributed by atoms with E-state index in [1.807, 2.05) is 62.4 Å². The molecular weight excluding hydrogens is 496 g/mol. The molecule has 0 unspecified atom stereocenters. The molecule has 0 spiro atoms.